The molecule has 0 saturated heterocycles. The number of nitrogens with one attached hydrogen (secondary N) is 1. The molecule has 0 aliphatic heterocycles. The van der Waals surface area contributed by atoms with E-state index < -0.39 is 5.91 Å². The number of hydrogen-bond acceptors (Lipinski definition) is 7. The summed E-state index contributed by atoms with van der Waals surface area (Å²) in [4.78, 5) is 27.4. The lowest BCUT2D eigenvalue weighted by Gasteiger charge is -2.05. The van der Waals surface area contributed by atoms with Crippen molar-refractivity contribution < 1.29 is 9.59 Å². The smallest absolute Gasteiger partial charge is 0.251 e. The Balaban J connectivity index is 1.64. The first-order valence-electron chi connectivity index (χ1n) is 7.16. The van der Waals surface area contributed by atoms with Gasteiger partial charge in [0.2, 0.25) is 5.91 Å². The van der Waals surface area contributed by atoms with E-state index in [1.54, 1.807) is 28.4 Å². The van der Waals surface area contributed by atoms with Crippen molar-refractivity contribution in [2.75, 3.05) is 11.1 Å². The zero-order valence-corrected chi connectivity index (χ0v) is 14.8. The van der Waals surface area contributed by atoms with Crippen LogP contribution in [-0.4, -0.2) is 37.3 Å². The minimum atomic E-state index is -0.571. The fourth-order valence-electron chi connectivity index (χ4n) is 2.08. The van der Waals surface area contributed by atoms with Crippen LogP contribution >= 0.6 is 23.1 Å². The van der Waals surface area contributed by atoms with E-state index in [-0.39, 0.29) is 11.7 Å². The van der Waals surface area contributed by atoms with E-state index in [2.05, 4.69) is 20.5 Å². The third-order valence-electron chi connectivity index (χ3n) is 3.27. The zero-order chi connectivity index (χ0) is 17.8. The molecule has 0 aliphatic carbocycles. The summed E-state index contributed by atoms with van der Waals surface area (Å²) >= 11 is 2.50. The second-order valence-electron chi connectivity index (χ2n) is 4.97. The maximum Gasteiger partial charge on any atom is 0.251 e. The number of anilines is 1. The summed E-state index contributed by atoms with van der Waals surface area (Å²) < 4.78 is 1.80. The minimum Gasteiger partial charge on any atom is -0.366 e. The van der Waals surface area contributed by atoms with Crippen LogP contribution in [0.4, 0.5) is 5.00 Å². The van der Waals surface area contributed by atoms with E-state index in [0.717, 1.165) is 5.56 Å². The lowest BCUT2D eigenvalue weighted by atomic mass is 10.3. The molecule has 128 valence electrons. The van der Waals surface area contributed by atoms with Gasteiger partial charge in [-0.3, -0.25) is 14.6 Å². The first-order valence-corrected chi connectivity index (χ1v) is 9.02. The number of pyridine rings is 1. The van der Waals surface area contributed by atoms with Crippen LogP contribution < -0.4 is 11.1 Å². The number of thiophene rings is 1. The molecule has 3 rings (SSSR count). The Bertz CT molecular complexity index is 906. The molecule has 8 nitrogen and oxygen atoms in total. The van der Waals surface area contributed by atoms with Crippen molar-refractivity contribution in [1.29, 1.82) is 0 Å². The summed E-state index contributed by atoms with van der Waals surface area (Å²) in [6.07, 6.45) is 3.39. The monoisotopic (exact) mass is 374 g/mol. The highest BCUT2D eigenvalue weighted by Crippen LogP contribution is 2.24. The molecule has 3 heterocycles. The molecule has 0 unspecified atom stereocenters. The standard InChI is InChI=1S/C15H14N6O2S2/c1-21-13(9-3-2-5-17-7-9)19-20-15(21)25-8-11(22)18-14-10(12(16)23)4-6-24-14/h2-7H,8H2,1H3,(H2,16,23)(H,18,22). The molecule has 0 radical (unpaired) electrons. The van der Waals surface area contributed by atoms with Crippen LogP contribution in [0, 0.1) is 0 Å². The number of amides is 2. The van der Waals surface area contributed by atoms with Gasteiger partial charge in [0.1, 0.15) is 5.00 Å². The second kappa shape index (κ2) is 7.45. The van der Waals surface area contributed by atoms with Gasteiger partial charge < -0.3 is 15.6 Å². The van der Waals surface area contributed by atoms with Gasteiger partial charge in [0, 0.05) is 25.0 Å². The quantitative estimate of drug-likeness (QED) is 0.635. The van der Waals surface area contributed by atoms with E-state index in [1.165, 1.54) is 23.1 Å². The number of aromatic nitrogens is 4. The van der Waals surface area contributed by atoms with E-state index in [4.69, 9.17) is 5.73 Å². The van der Waals surface area contributed by atoms with Gasteiger partial charge in [-0.1, -0.05) is 11.8 Å². The molecular formula is C15H14N6O2S2. The molecule has 10 heteroatoms. The lowest BCUT2D eigenvalue weighted by molar-refractivity contribution is -0.113. The number of carbonyl (C=O) groups excluding carboxylic acids is 2. The topological polar surface area (TPSA) is 116 Å². The third-order valence-corrected chi connectivity index (χ3v) is 5.12. The molecule has 25 heavy (non-hydrogen) atoms. The molecule has 0 aliphatic rings. The third kappa shape index (κ3) is 3.86. The Morgan fingerprint density at radius 2 is 2.20 bits per heavy atom. The first kappa shape index (κ1) is 17.1. The Morgan fingerprint density at radius 3 is 2.92 bits per heavy atom. The van der Waals surface area contributed by atoms with Gasteiger partial charge in [-0.05, 0) is 23.6 Å². The molecule has 0 aromatic carbocycles. The largest absolute Gasteiger partial charge is 0.366 e. The fourth-order valence-corrected chi connectivity index (χ4v) is 3.60. The van der Waals surface area contributed by atoms with Crippen LogP contribution in [0.2, 0.25) is 0 Å². The number of nitrogens with two attached hydrogens (primary N) is 1. The van der Waals surface area contributed by atoms with Gasteiger partial charge in [-0.2, -0.15) is 0 Å². The van der Waals surface area contributed by atoms with E-state index >= 15 is 0 Å². The van der Waals surface area contributed by atoms with Crippen molar-refractivity contribution in [2.24, 2.45) is 12.8 Å². The van der Waals surface area contributed by atoms with Crippen molar-refractivity contribution in [1.82, 2.24) is 19.7 Å². The minimum absolute atomic E-state index is 0.134. The predicted octanol–water partition coefficient (Wildman–Crippen LogP) is 1.77. The lowest BCUT2D eigenvalue weighted by Crippen LogP contribution is -2.18. The van der Waals surface area contributed by atoms with Crippen LogP contribution in [0.15, 0.2) is 41.1 Å². The van der Waals surface area contributed by atoms with Gasteiger partial charge in [0.15, 0.2) is 11.0 Å². The van der Waals surface area contributed by atoms with Gasteiger partial charge >= 0.3 is 0 Å². The highest BCUT2D eigenvalue weighted by Gasteiger charge is 2.15. The average Bonchev–Trinajstić information content (AvgIpc) is 3.20. The number of nitrogens with zero attached hydrogens (tertiary/aromatic N) is 4. The maximum absolute atomic E-state index is 12.1. The van der Waals surface area contributed by atoms with Crippen LogP contribution in [0.25, 0.3) is 11.4 Å². The van der Waals surface area contributed by atoms with Crippen molar-refractivity contribution >= 4 is 39.9 Å². The molecule has 3 aromatic rings. The maximum atomic E-state index is 12.1. The second-order valence-corrected chi connectivity index (χ2v) is 6.83. The molecule has 0 bridgehead atoms. The summed E-state index contributed by atoms with van der Waals surface area (Å²) in [7, 11) is 1.83. The molecular weight excluding hydrogens is 360 g/mol. The summed E-state index contributed by atoms with van der Waals surface area (Å²) in [5.41, 5.74) is 6.41. The van der Waals surface area contributed by atoms with Crippen molar-refractivity contribution in [3.8, 4) is 11.4 Å². The van der Waals surface area contributed by atoms with Gasteiger partial charge in [-0.25, -0.2) is 0 Å². The molecule has 0 fully saturated rings. The Labute approximate surface area is 151 Å². The first-order chi connectivity index (χ1) is 12.1. The number of hydrogen-bond donors (Lipinski definition) is 2. The number of carbonyl (C=O) groups is 2. The van der Waals surface area contributed by atoms with Crippen LogP contribution in [0.3, 0.4) is 0 Å². The number of primary amides is 1. The molecule has 0 atom stereocenters. The van der Waals surface area contributed by atoms with E-state index in [1.807, 2.05) is 19.2 Å². The molecule has 0 spiro atoms. The number of rotatable bonds is 6. The molecule has 0 saturated carbocycles. The predicted molar refractivity (Wildman–Crippen MR) is 96.4 cm³/mol. The van der Waals surface area contributed by atoms with Crippen molar-refractivity contribution in [2.45, 2.75) is 5.16 Å². The van der Waals surface area contributed by atoms with Gasteiger partial charge in [0.05, 0.1) is 11.3 Å². The highest BCUT2D eigenvalue weighted by molar-refractivity contribution is 7.99. The summed E-state index contributed by atoms with van der Waals surface area (Å²) in [6.45, 7) is 0. The zero-order valence-electron chi connectivity index (χ0n) is 13.2. The Hall–Kier alpha value is -2.72. The van der Waals surface area contributed by atoms with E-state index in [9.17, 15) is 9.59 Å². The van der Waals surface area contributed by atoms with Crippen LogP contribution in [0.1, 0.15) is 10.4 Å². The summed E-state index contributed by atoms with van der Waals surface area (Å²) in [6, 6.07) is 5.29. The van der Waals surface area contributed by atoms with Gasteiger partial charge in [-0.15, -0.1) is 21.5 Å². The molecule has 2 amide bonds. The molecule has 3 aromatic heterocycles. The Morgan fingerprint density at radius 1 is 1.36 bits per heavy atom. The molecule has 3 N–H and O–H groups in total. The van der Waals surface area contributed by atoms with Crippen LogP contribution in [-0.2, 0) is 11.8 Å². The van der Waals surface area contributed by atoms with Crippen molar-refractivity contribution in [3.05, 3.63) is 41.5 Å². The van der Waals surface area contributed by atoms with Gasteiger partial charge in [0.25, 0.3) is 5.91 Å². The van der Waals surface area contributed by atoms with Crippen LogP contribution in [0.5, 0.6) is 0 Å². The average molecular weight is 374 g/mol. The van der Waals surface area contributed by atoms with E-state index in [0.29, 0.717) is 21.5 Å². The SMILES string of the molecule is Cn1c(SCC(=O)Nc2sccc2C(N)=O)nnc1-c1cccnc1. The van der Waals surface area contributed by atoms with Crippen molar-refractivity contribution in [3.63, 3.8) is 0 Å². The summed E-state index contributed by atoms with van der Waals surface area (Å²) in [5, 5.41) is 13.7. The summed E-state index contributed by atoms with van der Waals surface area (Å²) in [5.74, 6) is -0.0143. The normalized spacial score (nSPS) is 10.6. The Kier molecular flexibility index (Phi) is 5.10. The number of thioether (sulfide) groups is 1. The highest BCUT2D eigenvalue weighted by atomic mass is 32.2. The fraction of sp³-hybridized carbons (Fsp3) is 0.133.